The molecule has 2 aromatic carbocycles. The van der Waals surface area contributed by atoms with Crippen LogP contribution in [0.4, 0.5) is 0 Å². The summed E-state index contributed by atoms with van der Waals surface area (Å²) in [6.45, 7) is 1.25. The highest BCUT2D eigenvalue weighted by molar-refractivity contribution is 6.31. The highest BCUT2D eigenvalue weighted by atomic mass is 35.5. The highest BCUT2D eigenvalue weighted by Crippen LogP contribution is 2.37. The molecule has 1 amide bonds. The van der Waals surface area contributed by atoms with Crippen molar-refractivity contribution in [2.75, 3.05) is 13.7 Å². The number of rotatable bonds is 6. The second-order valence-corrected chi connectivity index (χ2v) is 8.11. The molecule has 1 aliphatic heterocycles. The lowest BCUT2D eigenvalue weighted by molar-refractivity contribution is -0.128. The number of hydrogen-bond acceptors (Lipinski definition) is 3. The van der Waals surface area contributed by atoms with Gasteiger partial charge in [-0.05, 0) is 55.0 Å². The third kappa shape index (κ3) is 4.12. The maximum Gasteiger partial charge on any atom is 0.223 e. The van der Waals surface area contributed by atoms with Gasteiger partial charge in [-0.2, -0.15) is 0 Å². The molecule has 0 spiro atoms. The van der Waals surface area contributed by atoms with E-state index in [0.29, 0.717) is 24.5 Å². The first-order valence-corrected chi connectivity index (χ1v) is 10.4. The van der Waals surface area contributed by atoms with E-state index in [4.69, 9.17) is 21.1 Å². The average Bonchev–Trinajstić information content (AvgIpc) is 3.34. The van der Waals surface area contributed by atoms with Gasteiger partial charge in [0.1, 0.15) is 0 Å². The summed E-state index contributed by atoms with van der Waals surface area (Å²) in [7, 11) is 1.67. The van der Waals surface area contributed by atoms with E-state index in [1.807, 2.05) is 35.2 Å². The topological polar surface area (TPSA) is 38.8 Å². The van der Waals surface area contributed by atoms with Gasteiger partial charge < -0.3 is 14.4 Å². The number of carbonyl (C=O) groups is 1. The lowest BCUT2D eigenvalue weighted by atomic mass is 9.98. The van der Waals surface area contributed by atoms with Crippen molar-refractivity contribution in [3.8, 4) is 11.5 Å². The van der Waals surface area contributed by atoms with Gasteiger partial charge in [0.2, 0.25) is 5.91 Å². The van der Waals surface area contributed by atoms with Gasteiger partial charge in [0, 0.05) is 30.5 Å². The van der Waals surface area contributed by atoms with Crippen LogP contribution in [-0.4, -0.2) is 30.6 Å². The first kappa shape index (κ1) is 19.1. The van der Waals surface area contributed by atoms with Gasteiger partial charge in [0.05, 0.1) is 13.2 Å². The summed E-state index contributed by atoms with van der Waals surface area (Å²) < 4.78 is 11.7. The Labute approximate surface area is 171 Å². The Bertz CT molecular complexity index is 847. The molecule has 0 bridgehead atoms. The van der Waals surface area contributed by atoms with Crippen LogP contribution in [-0.2, 0) is 11.3 Å². The van der Waals surface area contributed by atoms with Crippen LogP contribution in [0.25, 0.3) is 0 Å². The van der Waals surface area contributed by atoms with E-state index < -0.39 is 0 Å². The zero-order chi connectivity index (χ0) is 19.5. The van der Waals surface area contributed by atoms with Crippen molar-refractivity contribution in [3.05, 3.63) is 58.6 Å². The second-order valence-electron chi connectivity index (χ2n) is 7.70. The Kier molecular flexibility index (Phi) is 5.77. The van der Waals surface area contributed by atoms with Crippen LogP contribution in [0.2, 0.25) is 5.02 Å². The molecule has 0 radical (unpaired) electrons. The van der Waals surface area contributed by atoms with E-state index in [-0.39, 0.29) is 17.9 Å². The molecule has 148 valence electrons. The number of benzene rings is 2. The predicted octanol–water partition coefficient (Wildman–Crippen LogP) is 5.19. The second kappa shape index (κ2) is 8.44. The minimum absolute atomic E-state index is 0.159. The molecule has 1 unspecified atom stereocenters. The molecular formula is C23H26ClNO3. The normalized spacial score (nSPS) is 20.0. The van der Waals surface area contributed by atoms with Crippen molar-refractivity contribution in [1.82, 2.24) is 4.90 Å². The number of amides is 1. The number of methoxy groups -OCH3 is 1. The van der Waals surface area contributed by atoms with Gasteiger partial charge >= 0.3 is 0 Å². The first-order chi connectivity index (χ1) is 13.6. The molecule has 2 aliphatic rings. The maximum absolute atomic E-state index is 12.6. The van der Waals surface area contributed by atoms with Gasteiger partial charge in [-0.1, -0.05) is 35.9 Å². The Hall–Kier alpha value is -2.20. The molecule has 1 saturated heterocycles. The molecule has 5 heteroatoms. The van der Waals surface area contributed by atoms with Gasteiger partial charge in [-0.25, -0.2) is 0 Å². The molecule has 1 atom stereocenters. The van der Waals surface area contributed by atoms with Crippen molar-refractivity contribution in [2.45, 2.75) is 50.7 Å². The molecule has 1 heterocycles. The standard InChI is InChI=1S/C23H26ClNO3/c1-27-21-11-10-16(12-22(21)28-19-7-3-4-8-19)18-13-23(26)25(15-18)14-17-6-2-5-9-20(17)24/h2,5-6,9-12,18-19H,3-4,7-8,13-15H2,1H3. The van der Waals surface area contributed by atoms with Gasteiger partial charge in [0.25, 0.3) is 0 Å². The lowest BCUT2D eigenvalue weighted by Gasteiger charge is -2.19. The molecule has 0 aromatic heterocycles. The minimum Gasteiger partial charge on any atom is -0.493 e. The molecule has 2 aromatic rings. The summed E-state index contributed by atoms with van der Waals surface area (Å²) in [6.07, 6.45) is 5.43. The molecule has 1 aliphatic carbocycles. The van der Waals surface area contributed by atoms with Crippen LogP contribution in [0, 0.1) is 0 Å². The van der Waals surface area contributed by atoms with Crippen molar-refractivity contribution in [3.63, 3.8) is 0 Å². The summed E-state index contributed by atoms with van der Waals surface area (Å²) in [5.41, 5.74) is 2.11. The van der Waals surface area contributed by atoms with E-state index >= 15 is 0 Å². The van der Waals surface area contributed by atoms with Crippen molar-refractivity contribution in [1.29, 1.82) is 0 Å². The summed E-state index contributed by atoms with van der Waals surface area (Å²) in [5.74, 6) is 1.88. The van der Waals surface area contributed by atoms with Crippen molar-refractivity contribution in [2.24, 2.45) is 0 Å². The third-order valence-electron chi connectivity index (χ3n) is 5.79. The fourth-order valence-corrected chi connectivity index (χ4v) is 4.40. The summed E-state index contributed by atoms with van der Waals surface area (Å²) >= 11 is 6.27. The monoisotopic (exact) mass is 399 g/mol. The minimum atomic E-state index is 0.159. The largest absolute Gasteiger partial charge is 0.493 e. The quantitative estimate of drug-likeness (QED) is 0.671. The Morgan fingerprint density at radius 2 is 1.89 bits per heavy atom. The molecule has 4 nitrogen and oxygen atoms in total. The van der Waals surface area contributed by atoms with Gasteiger partial charge in [0.15, 0.2) is 11.5 Å². The molecule has 1 saturated carbocycles. The molecule has 4 rings (SSSR count). The molecular weight excluding hydrogens is 374 g/mol. The molecule has 0 N–H and O–H groups in total. The summed E-state index contributed by atoms with van der Waals surface area (Å²) in [5, 5.41) is 0.704. The number of halogens is 1. The number of hydrogen-bond donors (Lipinski definition) is 0. The number of carbonyl (C=O) groups excluding carboxylic acids is 1. The summed E-state index contributed by atoms with van der Waals surface area (Å²) in [4.78, 5) is 14.5. The van der Waals surface area contributed by atoms with Gasteiger partial charge in [-0.3, -0.25) is 4.79 Å². The smallest absolute Gasteiger partial charge is 0.223 e. The maximum atomic E-state index is 12.6. The van der Waals surface area contributed by atoms with Crippen LogP contribution in [0.3, 0.4) is 0 Å². The fourth-order valence-electron chi connectivity index (χ4n) is 4.21. The van der Waals surface area contributed by atoms with E-state index in [1.165, 1.54) is 12.8 Å². The molecule has 28 heavy (non-hydrogen) atoms. The van der Waals surface area contributed by atoms with Crippen molar-refractivity contribution < 1.29 is 14.3 Å². The zero-order valence-electron chi connectivity index (χ0n) is 16.2. The number of nitrogens with zero attached hydrogens (tertiary/aromatic N) is 1. The Balaban J connectivity index is 1.49. The third-order valence-corrected chi connectivity index (χ3v) is 6.16. The Morgan fingerprint density at radius 1 is 1.11 bits per heavy atom. The average molecular weight is 400 g/mol. The lowest BCUT2D eigenvalue weighted by Crippen LogP contribution is -2.24. The van der Waals surface area contributed by atoms with Crippen LogP contribution < -0.4 is 9.47 Å². The number of ether oxygens (including phenoxy) is 2. The fraction of sp³-hybridized carbons (Fsp3) is 0.435. The first-order valence-electron chi connectivity index (χ1n) is 10.00. The van der Waals surface area contributed by atoms with E-state index in [9.17, 15) is 4.79 Å². The van der Waals surface area contributed by atoms with Crippen molar-refractivity contribution >= 4 is 17.5 Å². The van der Waals surface area contributed by atoms with Crippen LogP contribution >= 0.6 is 11.6 Å². The van der Waals surface area contributed by atoms with Gasteiger partial charge in [-0.15, -0.1) is 0 Å². The van der Waals surface area contributed by atoms with E-state index in [1.54, 1.807) is 7.11 Å². The highest BCUT2D eigenvalue weighted by Gasteiger charge is 2.31. The van der Waals surface area contributed by atoms with Crippen LogP contribution in [0.5, 0.6) is 11.5 Å². The zero-order valence-corrected chi connectivity index (χ0v) is 17.0. The Morgan fingerprint density at radius 3 is 2.64 bits per heavy atom. The van der Waals surface area contributed by atoms with E-state index in [0.717, 1.165) is 35.5 Å². The van der Waals surface area contributed by atoms with Crippen LogP contribution in [0.15, 0.2) is 42.5 Å². The number of likely N-dealkylation sites (tertiary alicyclic amines) is 1. The molecule has 2 fully saturated rings. The van der Waals surface area contributed by atoms with Crippen LogP contribution in [0.1, 0.15) is 49.1 Å². The SMILES string of the molecule is COc1ccc(C2CC(=O)N(Cc3ccccc3Cl)C2)cc1OC1CCCC1. The predicted molar refractivity (Wildman–Crippen MR) is 110 cm³/mol. The summed E-state index contributed by atoms with van der Waals surface area (Å²) in [6, 6.07) is 13.8. The van der Waals surface area contributed by atoms with E-state index in [2.05, 4.69) is 12.1 Å².